The zero-order chi connectivity index (χ0) is 15.7. The zero-order valence-corrected chi connectivity index (χ0v) is 10.5. The first-order chi connectivity index (χ1) is 9.85. The van der Waals surface area contributed by atoms with Gasteiger partial charge in [-0.15, -0.1) is 0 Å². The lowest BCUT2D eigenvalue weighted by Crippen LogP contribution is -2.35. The van der Waals surface area contributed by atoms with Crippen LogP contribution < -0.4 is 15.7 Å². The van der Waals surface area contributed by atoms with Gasteiger partial charge in [0.05, 0.1) is 7.11 Å². The SMILES string of the molecule is COc1cc([B]c2c(F)cc(F)c(F)c2F)c(F)cc1F. The predicted octanol–water partition coefficient (Wildman–Crippen LogP) is 2.18. The van der Waals surface area contributed by atoms with E-state index in [9.17, 15) is 26.3 Å². The van der Waals surface area contributed by atoms with E-state index in [2.05, 4.69) is 4.74 Å². The average molecular weight is 303 g/mol. The molecule has 0 N–H and O–H groups in total. The van der Waals surface area contributed by atoms with Crippen LogP contribution in [-0.4, -0.2) is 14.4 Å². The molecule has 0 unspecified atom stereocenters. The first kappa shape index (κ1) is 15.3. The number of benzene rings is 2. The van der Waals surface area contributed by atoms with Crippen LogP contribution in [0, 0.1) is 34.9 Å². The second-order valence-electron chi connectivity index (χ2n) is 4.03. The minimum absolute atomic E-state index is 0.128. The quantitative estimate of drug-likeness (QED) is 0.365. The molecule has 109 valence electrons. The Balaban J connectivity index is 2.51. The first-order valence-corrected chi connectivity index (χ1v) is 5.56. The predicted molar refractivity (Wildman–Crippen MR) is 64.2 cm³/mol. The van der Waals surface area contributed by atoms with Gasteiger partial charge in [0.15, 0.2) is 29.0 Å². The van der Waals surface area contributed by atoms with Crippen LogP contribution in [0.1, 0.15) is 0 Å². The third kappa shape index (κ3) is 2.84. The molecule has 1 radical (unpaired) electrons. The Morgan fingerprint density at radius 3 is 2.00 bits per heavy atom. The smallest absolute Gasteiger partial charge is 0.203 e. The van der Waals surface area contributed by atoms with E-state index in [1.807, 2.05) is 0 Å². The maximum Gasteiger partial charge on any atom is 0.203 e. The molecule has 2 aromatic rings. The van der Waals surface area contributed by atoms with E-state index in [1.54, 1.807) is 0 Å². The fourth-order valence-electron chi connectivity index (χ4n) is 1.68. The molecule has 0 bridgehead atoms. The van der Waals surface area contributed by atoms with Crippen LogP contribution in [-0.2, 0) is 0 Å². The van der Waals surface area contributed by atoms with Gasteiger partial charge < -0.3 is 4.74 Å². The van der Waals surface area contributed by atoms with Crippen molar-refractivity contribution < 1.29 is 31.1 Å². The van der Waals surface area contributed by atoms with Crippen LogP contribution in [0.2, 0.25) is 0 Å². The van der Waals surface area contributed by atoms with Gasteiger partial charge in [0, 0.05) is 12.1 Å². The van der Waals surface area contributed by atoms with Crippen molar-refractivity contribution in [3.8, 4) is 5.75 Å². The van der Waals surface area contributed by atoms with Crippen LogP contribution in [0.15, 0.2) is 18.2 Å². The molecule has 0 heterocycles. The summed E-state index contributed by atoms with van der Waals surface area (Å²) in [5.74, 6) is -9.36. The van der Waals surface area contributed by atoms with Crippen molar-refractivity contribution in [2.75, 3.05) is 7.11 Å². The molecule has 2 rings (SSSR count). The third-order valence-corrected chi connectivity index (χ3v) is 2.72. The van der Waals surface area contributed by atoms with Crippen molar-refractivity contribution in [3.05, 3.63) is 53.1 Å². The molecule has 21 heavy (non-hydrogen) atoms. The fourth-order valence-corrected chi connectivity index (χ4v) is 1.68. The van der Waals surface area contributed by atoms with Gasteiger partial charge in [-0.05, 0) is 17.0 Å². The van der Waals surface area contributed by atoms with Crippen LogP contribution in [0.5, 0.6) is 5.75 Å². The second kappa shape index (κ2) is 5.71. The fraction of sp³-hybridized carbons (Fsp3) is 0.0769. The Morgan fingerprint density at radius 2 is 1.38 bits per heavy atom. The molecule has 0 saturated carbocycles. The number of halogens is 6. The Hall–Kier alpha value is -2.12. The van der Waals surface area contributed by atoms with E-state index in [0.717, 1.165) is 13.2 Å². The van der Waals surface area contributed by atoms with Crippen molar-refractivity contribution in [1.82, 2.24) is 0 Å². The van der Waals surface area contributed by atoms with Crippen molar-refractivity contribution in [3.63, 3.8) is 0 Å². The summed E-state index contributed by atoms with van der Waals surface area (Å²) in [5, 5.41) is 0. The Labute approximate surface area is 116 Å². The summed E-state index contributed by atoms with van der Waals surface area (Å²) in [6, 6.07) is 1.41. The normalized spacial score (nSPS) is 10.6. The summed E-state index contributed by atoms with van der Waals surface area (Å²) in [7, 11) is 1.70. The minimum Gasteiger partial charge on any atom is -0.494 e. The lowest BCUT2D eigenvalue weighted by molar-refractivity contribution is 0.385. The van der Waals surface area contributed by atoms with Gasteiger partial charge in [-0.2, -0.15) is 0 Å². The van der Waals surface area contributed by atoms with E-state index in [4.69, 9.17) is 0 Å². The van der Waals surface area contributed by atoms with Gasteiger partial charge in [-0.1, -0.05) is 0 Å². The standard InChI is InChI=1S/C13H6BF6O/c1-21-10-2-5(6(15)3-7(10)16)14-11-8(17)4-9(18)12(19)13(11)20/h2-4H,1H3. The number of hydrogen-bond donors (Lipinski definition) is 0. The molecule has 0 amide bonds. The maximum absolute atomic E-state index is 13.6. The van der Waals surface area contributed by atoms with Crippen LogP contribution >= 0.6 is 0 Å². The molecule has 8 heteroatoms. The number of rotatable bonds is 3. The molecule has 0 atom stereocenters. The highest BCUT2D eigenvalue weighted by atomic mass is 19.2. The highest BCUT2D eigenvalue weighted by Gasteiger charge is 2.22. The van der Waals surface area contributed by atoms with E-state index < -0.39 is 45.8 Å². The third-order valence-electron chi connectivity index (χ3n) is 2.72. The van der Waals surface area contributed by atoms with Crippen molar-refractivity contribution >= 4 is 18.2 Å². The van der Waals surface area contributed by atoms with E-state index in [-0.39, 0.29) is 11.8 Å². The highest BCUT2D eigenvalue weighted by molar-refractivity contribution is 6.67. The van der Waals surface area contributed by atoms with Crippen LogP contribution in [0.25, 0.3) is 0 Å². The van der Waals surface area contributed by atoms with Crippen molar-refractivity contribution in [2.45, 2.75) is 0 Å². The summed E-state index contributed by atoms with van der Waals surface area (Å²) in [4.78, 5) is 0. The largest absolute Gasteiger partial charge is 0.494 e. The molecule has 0 aliphatic carbocycles. The molecular formula is C13H6BF6O. The average Bonchev–Trinajstić information content (AvgIpc) is 2.43. The number of hydrogen-bond acceptors (Lipinski definition) is 1. The molecule has 2 aromatic carbocycles. The summed E-state index contributed by atoms with van der Waals surface area (Å²) < 4.78 is 84.2. The Bertz CT molecular complexity index is 704. The topological polar surface area (TPSA) is 9.23 Å². The van der Waals surface area contributed by atoms with Gasteiger partial charge in [-0.25, -0.2) is 26.3 Å². The lowest BCUT2D eigenvalue weighted by Gasteiger charge is -2.09. The van der Waals surface area contributed by atoms with Gasteiger partial charge in [0.1, 0.15) is 11.6 Å². The van der Waals surface area contributed by atoms with Gasteiger partial charge in [0.2, 0.25) is 7.28 Å². The van der Waals surface area contributed by atoms with E-state index in [1.165, 1.54) is 0 Å². The molecular weight excluding hydrogens is 297 g/mol. The monoisotopic (exact) mass is 303 g/mol. The molecule has 0 aliphatic heterocycles. The Morgan fingerprint density at radius 1 is 0.762 bits per heavy atom. The van der Waals surface area contributed by atoms with E-state index >= 15 is 0 Å². The molecule has 0 aliphatic rings. The minimum atomic E-state index is -1.89. The second-order valence-corrected chi connectivity index (χ2v) is 4.03. The highest BCUT2D eigenvalue weighted by Crippen LogP contribution is 2.16. The summed E-state index contributed by atoms with van der Waals surface area (Å²) in [6.45, 7) is 0. The van der Waals surface area contributed by atoms with Crippen LogP contribution in [0.3, 0.4) is 0 Å². The number of ether oxygens (including phenoxy) is 1. The maximum atomic E-state index is 13.6. The summed E-state index contributed by atoms with van der Waals surface area (Å²) in [5.41, 5.74) is -1.43. The van der Waals surface area contributed by atoms with Gasteiger partial charge in [-0.3, -0.25) is 0 Å². The van der Waals surface area contributed by atoms with Crippen LogP contribution in [0.4, 0.5) is 26.3 Å². The Kier molecular flexibility index (Phi) is 4.15. The summed E-state index contributed by atoms with van der Waals surface area (Å²) >= 11 is 0. The number of methoxy groups -OCH3 is 1. The van der Waals surface area contributed by atoms with Crippen molar-refractivity contribution in [2.24, 2.45) is 0 Å². The first-order valence-electron chi connectivity index (χ1n) is 5.56. The molecule has 0 fully saturated rings. The zero-order valence-electron chi connectivity index (χ0n) is 10.5. The molecule has 0 spiro atoms. The van der Waals surface area contributed by atoms with Gasteiger partial charge >= 0.3 is 0 Å². The lowest BCUT2D eigenvalue weighted by atomic mass is 9.63. The van der Waals surface area contributed by atoms with Gasteiger partial charge in [0.25, 0.3) is 0 Å². The van der Waals surface area contributed by atoms with Crippen molar-refractivity contribution in [1.29, 1.82) is 0 Å². The molecule has 0 aromatic heterocycles. The summed E-state index contributed by atoms with van der Waals surface area (Å²) in [6.07, 6.45) is 0. The van der Waals surface area contributed by atoms with E-state index in [0.29, 0.717) is 13.3 Å². The molecule has 0 saturated heterocycles. The molecule has 1 nitrogen and oxygen atoms in total.